The average molecular weight is 440 g/mol. The third kappa shape index (κ3) is 7.55. The molecule has 1 aliphatic rings. The minimum atomic E-state index is -0.629. The summed E-state index contributed by atoms with van der Waals surface area (Å²) in [6.07, 6.45) is 0.547. The zero-order chi connectivity index (χ0) is 21.6. The van der Waals surface area contributed by atoms with E-state index in [1.165, 1.54) is 0 Å². The van der Waals surface area contributed by atoms with Gasteiger partial charge >= 0.3 is 12.0 Å². The van der Waals surface area contributed by atoms with Crippen LogP contribution in [0.25, 0.3) is 0 Å². The molecular formula is C20H30ClN5O4. The molecule has 1 aliphatic heterocycles. The van der Waals surface area contributed by atoms with Crippen LogP contribution in [0, 0.1) is 10.8 Å². The molecule has 10 heteroatoms. The SMILES string of the molecule is CC(C)(C)COC(=O)CCNC(=O)N[C@H]1CCN(c2ccc(C(=N)N)cc2)C1=O.Cl. The maximum Gasteiger partial charge on any atom is 0.315 e. The number of amides is 3. The molecule has 1 saturated heterocycles. The van der Waals surface area contributed by atoms with Crippen molar-refractivity contribution in [2.45, 2.75) is 39.7 Å². The Labute approximate surface area is 182 Å². The summed E-state index contributed by atoms with van der Waals surface area (Å²) in [7, 11) is 0. The molecule has 1 atom stereocenters. The molecular weight excluding hydrogens is 410 g/mol. The van der Waals surface area contributed by atoms with E-state index in [2.05, 4.69) is 10.6 Å². The van der Waals surface area contributed by atoms with E-state index in [0.717, 1.165) is 0 Å². The normalized spacial score (nSPS) is 15.9. The smallest absolute Gasteiger partial charge is 0.315 e. The van der Waals surface area contributed by atoms with Crippen LogP contribution in [0.2, 0.25) is 0 Å². The van der Waals surface area contributed by atoms with Crippen LogP contribution in [-0.4, -0.2) is 49.5 Å². The maximum absolute atomic E-state index is 12.6. The average Bonchev–Trinajstić information content (AvgIpc) is 3.00. The Morgan fingerprint density at radius 2 is 1.90 bits per heavy atom. The highest BCUT2D eigenvalue weighted by atomic mass is 35.5. The number of halogens is 1. The molecule has 0 unspecified atom stereocenters. The zero-order valence-corrected chi connectivity index (χ0v) is 18.3. The summed E-state index contributed by atoms with van der Waals surface area (Å²) >= 11 is 0. The predicted octanol–water partition coefficient (Wildman–Crippen LogP) is 1.78. The van der Waals surface area contributed by atoms with Crippen molar-refractivity contribution in [1.29, 1.82) is 5.41 Å². The Morgan fingerprint density at radius 1 is 1.27 bits per heavy atom. The summed E-state index contributed by atoms with van der Waals surface area (Å²) in [5.74, 6) is -0.625. The van der Waals surface area contributed by atoms with Gasteiger partial charge in [0.2, 0.25) is 5.91 Å². The highest BCUT2D eigenvalue weighted by molar-refractivity contribution is 6.02. The van der Waals surface area contributed by atoms with Crippen LogP contribution in [-0.2, 0) is 14.3 Å². The number of amidine groups is 1. The first kappa shape index (κ1) is 25.2. The molecule has 30 heavy (non-hydrogen) atoms. The number of benzene rings is 1. The highest BCUT2D eigenvalue weighted by Gasteiger charge is 2.33. The summed E-state index contributed by atoms with van der Waals surface area (Å²) < 4.78 is 5.13. The Hall–Kier alpha value is -2.81. The van der Waals surface area contributed by atoms with Crippen LogP contribution < -0.4 is 21.3 Å². The van der Waals surface area contributed by atoms with Gasteiger partial charge in [-0.15, -0.1) is 12.4 Å². The van der Waals surface area contributed by atoms with Crippen LogP contribution in [0.3, 0.4) is 0 Å². The molecule has 1 aromatic carbocycles. The molecule has 9 nitrogen and oxygen atoms in total. The van der Waals surface area contributed by atoms with E-state index in [9.17, 15) is 14.4 Å². The minimum absolute atomic E-state index is 0. The van der Waals surface area contributed by atoms with Gasteiger partial charge in [0.05, 0.1) is 13.0 Å². The van der Waals surface area contributed by atoms with Crippen LogP contribution in [0.1, 0.15) is 39.2 Å². The highest BCUT2D eigenvalue weighted by Crippen LogP contribution is 2.22. The molecule has 0 bridgehead atoms. The number of ether oxygens (including phenoxy) is 1. The van der Waals surface area contributed by atoms with Crippen molar-refractivity contribution in [2.75, 3.05) is 24.6 Å². The first-order valence-electron chi connectivity index (χ1n) is 9.52. The van der Waals surface area contributed by atoms with E-state index in [-0.39, 0.29) is 48.5 Å². The Morgan fingerprint density at radius 3 is 2.47 bits per heavy atom. The molecule has 0 saturated carbocycles. The quantitative estimate of drug-likeness (QED) is 0.291. The fourth-order valence-corrected chi connectivity index (χ4v) is 2.75. The van der Waals surface area contributed by atoms with E-state index in [4.69, 9.17) is 15.9 Å². The molecule has 1 aromatic rings. The van der Waals surface area contributed by atoms with Crippen molar-refractivity contribution in [1.82, 2.24) is 10.6 Å². The van der Waals surface area contributed by atoms with Crippen LogP contribution in [0.4, 0.5) is 10.5 Å². The summed E-state index contributed by atoms with van der Waals surface area (Å²) in [5, 5.41) is 12.6. The molecule has 0 radical (unpaired) electrons. The third-order valence-corrected chi connectivity index (χ3v) is 4.28. The van der Waals surface area contributed by atoms with E-state index in [0.29, 0.717) is 30.8 Å². The van der Waals surface area contributed by atoms with Crippen LogP contribution in [0.5, 0.6) is 0 Å². The summed E-state index contributed by atoms with van der Waals surface area (Å²) in [4.78, 5) is 37.8. The van der Waals surface area contributed by atoms with Crippen molar-refractivity contribution in [3.05, 3.63) is 29.8 Å². The summed E-state index contributed by atoms with van der Waals surface area (Å²) in [5.41, 5.74) is 6.59. The van der Waals surface area contributed by atoms with Gasteiger partial charge in [-0.1, -0.05) is 20.8 Å². The molecule has 0 aromatic heterocycles. The number of nitrogen functional groups attached to an aromatic ring is 1. The summed E-state index contributed by atoms with van der Waals surface area (Å²) in [6.45, 7) is 6.81. The molecule has 5 N–H and O–H groups in total. The molecule has 0 spiro atoms. The Balaban J connectivity index is 0.00000450. The van der Waals surface area contributed by atoms with Gasteiger partial charge in [0, 0.05) is 24.3 Å². The van der Waals surface area contributed by atoms with E-state index < -0.39 is 12.1 Å². The minimum Gasteiger partial charge on any atom is -0.465 e. The van der Waals surface area contributed by atoms with Crippen LogP contribution in [0.15, 0.2) is 24.3 Å². The number of esters is 1. The number of anilines is 1. The molecule has 1 heterocycles. The Kier molecular flexibility index (Phi) is 9.10. The van der Waals surface area contributed by atoms with Crippen molar-refractivity contribution in [2.24, 2.45) is 11.1 Å². The maximum atomic E-state index is 12.6. The van der Waals surface area contributed by atoms with Crippen molar-refractivity contribution >= 4 is 41.8 Å². The second-order valence-electron chi connectivity index (χ2n) is 8.16. The van der Waals surface area contributed by atoms with Crippen molar-refractivity contribution < 1.29 is 19.1 Å². The van der Waals surface area contributed by atoms with Crippen molar-refractivity contribution in [3.8, 4) is 0 Å². The Bertz CT molecular complexity index is 776. The van der Waals surface area contributed by atoms with Gasteiger partial charge in [-0.05, 0) is 36.1 Å². The largest absolute Gasteiger partial charge is 0.465 e. The zero-order valence-electron chi connectivity index (χ0n) is 17.5. The number of rotatable bonds is 7. The van der Waals surface area contributed by atoms with Gasteiger partial charge in [-0.3, -0.25) is 15.0 Å². The van der Waals surface area contributed by atoms with E-state index in [1.54, 1.807) is 29.2 Å². The predicted molar refractivity (Wildman–Crippen MR) is 117 cm³/mol. The first-order valence-corrected chi connectivity index (χ1v) is 9.52. The lowest BCUT2D eigenvalue weighted by atomic mass is 9.99. The van der Waals surface area contributed by atoms with Gasteiger partial charge < -0.3 is 26.0 Å². The second-order valence-corrected chi connectivity index (χ2v) is 8.16. The van der Waals surface area contributed by atoms with Gasteiger partial charge in [-0.2, -0.15) is 0 Å². The van der Waals surface area contributed by atoms with Crippen molar-refractivity contribution in [3.63, 3.8) is 0 Å². The lowest BCUT2D eigenvalue weighted by Crippen LogP contribution is -2.46. The summed E-state index contributed by atoms with van der Waals surface area (Å²) in [6, 6.07) is 5.67. The molecule has 0 aliphatic carbocycles. The lowest BCUT2D eigenvalue weighted by molar-refractivity contribution is -0.146. The molecule has 3 amide bonds. The number of hydrogen-bond donors (Lipinski definition) is 4. The third-order valence-electron chi connectivity index (χ3n) is 4.28. The fourth-order valence-electron chi connectivity index (χ4n) is 2.75. The van der Waals surface area contributed by atoms with Gasteiger partial charge in [-0.25, -0.2) is 4.79 Å². The number of carbonyl (C=O) groups excluding carboxylic acids is 3. The molecule has 1 fully saturated rings. The lowest BCUT2D eigenvalue weighted by Gasteiger charge is -2.18. The monoisotopic (exact) mass is 439 g/mol. The molecule has 2 rings (SSSR count). The number of carbonyl (C=O) groups is 3. The first-order chi connectivity index (χ1) is 13.6. The van der Waals surface area contributed by atoms with Crippen LogP contribution >= 0.6 is 12.4 Å². The van der Waals surface area contributed by atoms with E-state index in [1.807, 2.05) is 20.8 Å². The number of nitrogens with one attached hydrogen (secondary N) is 3. The number of hydrogen-bond acceptors (Lipinski definition) is 5. The van der Waals surface area contributed by atoms with Gasteiger partial charge in [0.25, 0.3) is 0 Å². The fraction of sp³-hybridized carbons (Fsp3) is 0.500. The van der Waals surface area contributed by atoms with Gasteiger partial charge in [0.1, 0.15) is 11.9 Å². The topological polar surface area (TPSA) is 138 Å². The van der Waals surface area contributed by atoms with E-state index >= 15 is 0 Å². The number of urea groups is 1. The van der Waals surface area contributed by atoms with Gasteiger partial charge in [0.15, 0.2) is 0 Å². The standard InChI is InChI=1S/C20H29N5O4.ClH/c1-20(2,3)12-29-16(26)8-10-23-19(28)24-15-9-11-25(18(15)27)14-6-4-13(5-7-14)17(21)22;/h4-7,15H,8-12H2,1-3H3,(H3,21,22)(H2,23,24,28);1H/t15-;/m0./s1. The molecule has 166 valence electrons. The number of nitrogens with two attached hydrogens (primary N) is 1. The number of nitrogens with zero attached hydrogens (tertiary/aromatic N) is 1. The second kappa shape index (κ2) is 10.8.